The molecule has 0 radical (unpaired) electrons. The number of aliphatic hydroxyl groups excluding tert-OH is 1. The molecule has 4 rings (SSSR count). The predicted molar refractivity (Wildman–Crippen MR) is 97.3 cm³/mol. The van der Waals surface area contributed by atoms with Crippen LogP contribution >= 0.6 is 0 Å². The monoisotopic (exact) mass is 336 g/mol. The molecule has 0 amide bonds. The zero-order valence-electron chi connectivity index (χ0n) is 14.3. The SMILES string of the molecule is OCC1CCC(Cn2ccnc2-c2cccc(-n3cccn3)c2)CC1. The normalized spacial score (nSPS) is 20.7. The Kier molecular flexibility index (Phi) is 4.65. The third kappa shape index (κ3) is 3.51. The molecule has 0 atom stereocenters. The van der Waals surface area contributed by atoms with Crippen molar-refractivity contribution in [3.05, 3.63) is 55.1 Å². The van der Waals surface area contributed by atoms with Crippen molar-refractivity contribution >= 4 is 0 Å². The number of nitrogens with zero attached hydrogens (tertiary/aromatic N) is 4. The average Bonchev–Trinajstić information content (AvgIpc) is 3.35. The van der Waals surface area contributed by atoms with Crippen LogP contribution in [0.1, 0.15) is 25.7 Å². The third-order valence-corrected chi connectivity index (χ3v) is 5.27. The highest BCUT2D eigenvalue weighted by atomic mass is 16.3. The van der Waals surface area contributed by atoms with Crippen LogP contribution < -0.4 is 0 Å². The van der Waals surface area contributed by atoms with Gasteiger partial charge in [-0.3, -0.25) is 0 Å². The van der Waals surface area contributed by atoms with Crippen LogP contribution in [0.5, 0.6) is 0 Å². The van der Waals surface area contributed by atoms with Gasteiger partial charge < -0.3 is 9.67 Å². The van der Waals surface area contributed by atoms with Crippen molar-refractivity contribution in [1.82, 2.24) is 19.3 Å². The molecule has 2 heterocycles. The minimum atomic E-state index is 0.337. The van der Waals surface area contributed by atoms with E-state index in [4.69, 9.17) is 0 Å². The van der Waals surface area contributed by atoms with Gasteiger partial charge in [-0.05, 0) is 55.7 Å². The zero-order chi connectivity index (χ0) is 17.1. The Morgan fingerprint density at radius 1 is 1.00 bits per heavy atom. The second kappa shape index (κ2) is 7.23. The zero-order valence-corrected chi connectivity index (χ0v) is 14.3. The highest BCUT2D eigenvalue weighted by Gasteiger charge is 2.21. The first-order valence-electron chi connectivity index (χ1n) is 9.06. The van der Waals surface area contributed by atoms with E-state index >= 15 is 0 Å². The van der Waals surface area contributed by atoms with Gasteiger partial charge >= 0.3 is 0 Å². The van der Waals surface area contributed by atoms with Crippen molar-refractivity contribution in [2.24, 2.45) is 11.8 Å². The standard InChI is InChI=1S/C20H24N4O/c25-15-17-7-5-16(6-8-17)14-23-12-10-21-20(23)18-3-1-4-19(13-18)24-11-2-9-22-24/h1-4,9-13,16-17,25H,5-8,14-15H2. The molecule has 0 aliphatic heterocycles. The summed E-state index contributed by atoms with van der Waals surface area (Å²) in [5.41, 5.74) is 2.16. The molecule has 1 aromatic carbocycles. The van der Waals surface area contributed by atoms with Crippen LogP contribution in [0.3, 0.4) is 0 Å². The smallest absolute Gasteiger partial charge is 0.139 e. The number of benzene rings is 1. The molecule has 1 aliphatic rings. The van der Waals surface area contributed by atoms with Crippen LogP contribution in [-0.4, -0.2) is 31.0 Å². The fourth-order valence-electron chi connectivity index (χ4n) is 3.80. The third-order valence-electron chi connectivity index (χ3n) is 5.27. The van der Waals surface area contributed by atoms with Crippen molar-refractivity contribution < 1.29 is 5.11 Å². The molecular formula is C20H24N4O. The Morgan fingerprint density at radius 2 is 1.84 bits per heavy atom. The summed E-state index contributed by atoms with van der Waals surface area (Å²) in [5, 5.41) is 13.6. The van der Waals surface area contributed by atoms with Gasteiger partial charge in [-0.1, -0.05) is 12.1 Å². The Morgan fingerprint density at radius 3 is 2.60 bits per heavy atom. The molecule has 0 bridgehead atoms. The van der Waals surface area contributed by atoms with Gasteiger partial charge in [-0.2, -0.15) is 5.10 Å². The lowest BCUT2D eigenvalue weighted by Gasteiger charge is -2.27. The van der Waals surface area contributed by atoms with E-state index in [0.29, 0.717) is 18.4 Å². The van der Waals surface area contributed by atoms with Crippen LogP contribution in [0, 0.1) is 11.8 Å². The molecule has 5 heteroatoms. The van der Waals surface area contributed by atoms with Gasteiger partial charge in [0.1, 0.15) is 5.82 Å². The highest BCUT2D eigenvalue weighted by Crippen LogP contribution is 2.30. The first-order chi connectivity index (χ1) is 12.3. The number of rotatable bonds is 5. The second-order valence-electron chi connectivity index (χ2n) is 6.97. The maximum absolute atomic E-state index is 9.31. The summed E-state index contributed by atoms with van der Waals surface area (Å²) in [6, 6.07) is 10.3. The van der Waals surface area contributed by atoms with E-state index in [2.05, 4.69) is 45.1 Å². The summed E-state index contributed by atoms with van der Waals surface area (Å²) in [7, 11) is 0. The minimum Gasteiger partial charge on any atom is -0.396 e. The van der Waals surface area contributed by atoms with Gasteiger partial charge in [-0.25, -0.2) is 9.67 Å². The van der Waals surface area contributed by atoms with Crippen molar-refractivity contribution in [2.75, 3.05) is 6.61 Å². The maximum atomic E-state index is 9.31. The van der Waals surface area contributed by atoms with Crippen LogP contribution in [0.2, 0.25) is 0 Å². The summed E-state index contributed by atoms with van der Waals surface area (Å²) in [6.45, 7) is 1.34. The lowest BCUT2D eigenvalue weighted by atomic mass is 9.82. The Hall–Kier alpha value is -2.40. The van der Waals surface area contributed by atoms with Crippen LogP contribution in [-0.2, 0) is 6.54 Å². The molecular weight excluding hydrogens is 312 g/mol. The predicted octanol–water partition coefficient (Wildman–Crippen LogP) is 3.53. The minimum absolute atomic E-state index is 0.337. The van der Waals surface area contributed by atoms with Gasteiger partial charge in [0.05, 0.1) is 5.69 Å². The molecule has 1 N–H and O–H groups in total. The van der Waals surface area contributed by atoms with Gasteiger partial charge in [0.15, 0.2) is 0 Å². The summed E-state index contributed by atoms with van der Waals surface area (Å²) in [6.07, 6.45) is 12.4. The van der Waals surface area contributed by atoms with E-state index < -0.39 is 0 Å². The van der Waals surface area contributed by atoms with Crippen molar-refractivity contribution in [2.45, 2.75) is 32.2 Å². The average molecular weight is 336 g/mol. The van der Waals surface area contributed by atoms with Gasteiger partial charge in [0.25, 0.3) is 0 Å². The van der Waals surface area contributed by atoms with E-state index in [9.17, 15) is 5.11 Å². The molecule has 1 fully saturated rings. The molecule has 3 aromatic rings. The lowest BCUT2D eigenvalue weighted by molar-refractivity contribution is 0.161. The summed E-state index contributed by atoms with van der Waals surface area (Å²) in [4.78, 5) is 4.60. The summed E-state index contributed by atoms with van der Waals surface area (Å²) in [5.74, 6) is 2.19. The van der Waals surface area contributed by atoms with Gasteiger partial charge in [-0.15, -0.1) is 0 Å². The van der Waals surface area contributed by atoms with E-state index in [1.165, 1.54) is 12.8 Å². The Bertz CT molecular complexity index is 801. The summed E-state index contributed by atoms with van der Waals surface area (Å²) >= 11 is 0. The second-order valence-corrected chi connectivity index (χ2v) is 6.97. The number of imidazole rings is 1. The largest absolute Gasteiger partial charge is 0.396 e. The molecule has 2 aromatic heterocycles. The molecule has 0 unspecified atom stereocenters. The van der Waals surface area contributed by atoms with E-state index in [-0.39, 0.29) is 0 Å². The topological polar surface area (TPSA) is 55.9 Å². The molecule has 1 saturated carbocycles. The Balaban J connectivity index is 1.53. The Labute approximate surface area is 147 Å². The highest BCUT2D eigenvalue weighted by molar-refractivity contribution is 5.59. The van der Waals surface area contributed by atoms with E-state index in [0.717, 1.165) is 36.5 Å². The molecule has 0 spiro atoms. The first-order valence-corrected chi connectivity index (χ1v) is 9.06. The van der Waals surface area contributed by atoms with Crippen molar-refractivity contribution in [1.29, 1.82) is 0 Å². The van der Waals surface area contributed by atoms with E-state index in [1.54, 1.807) is 6.20 Å². The van der Waals surface area contributed by atoms with Crippen LogP contribution in [0.25, 0.3) is 17.1 Å². The molecule has 130 valence electrons. The van der Waals surface area contributed by atoms with Crippen LogP contribution in [0.4, 0.5) is 0 Å². The van der Waals surface area contributed by atoms with E-state index in [1.807, 2.05) is 23.1 Å². The number of hydrogen-bond acceptors (Lipinski definition) is 3. The first kappa shape index (κ1) is 16.1. The number of hydrogen-bond donors (Lipinski definition) is 1. The quantitative estimate of drug-likeness (QED) is 0.775. The summed E-state index contributed by atoms with van der Waals surface area (Å²) < 4.78 is 4.14. The molecule has 25 heavy (non-hydrogen) atoms. The fraction of sp³-hybridized carbons (Fsp3) is 0.400. The van der Waals surface area contributed by atoms with Crippen molar-refractivity contribution in [3.8, 4) is 17.1 Å². The van der Waals surface area contributed by atoms with Gasteiger partial charge in [0.2, 0.25) is 0 Å². The molecule has 0 saturated heterocycles. The molecule has 5 nitrogen and oxygen atoms in total. The number of aliphatic hydroxyl groups is 1. The van der Waals surface area contributed by atoms with Crippen molar-refractivity contribution in [3.63, 3.8) is 0 Å². The van der Waals surface area contributed by atoms with Crippen LogP contribution in [0.15, 0.2) is 55.1 Å². The van der Waals surface area contributed by atoms with Gasteiger partial charge in [0, 0.05) is 43.5 Å². The fourth-order valence-corrected chi connectivity index (χ4v) is 3.80. The lowest BCUT2D eigenvalue weighted by Crippen LogP contribution is -2.21. The molecule has 1 aliphatic carbocycles. The maximum Gasteiger partial charge on any atom is 0.139 e. The number of aromatic nitrogens is 4.